The molecule has 0 fully saturated rings. The van der Waals surface area contributed by atoms with Crippen LogP contribution in [0.2, 0.25) is 0 Å². The molecule has 1 rings (SSSR count). The number of nitrogens with two attached hydrogens (primary N) is 1. The summed E-state index contributed by atoms with van der Waals surface area (Å²) >= 11 is 0. The maximum absolute atomic E-state index is 6.07. The van der Waals surface area contributed by atoms with E-state index in [2.05, 4.69) is 45.0 Å². The van der Waals surface area contributed by atoms with Gasteiger partial charge in [0.15, 0.2) is 0 Å². The molecule has 86 valence electrons. The van der Waals surface area contributed by atoms with Crippen LogP contribution in [0.1, 0.15) is 56.7 Å². The smallest absolute Gasteiger partial charge is 0.0294 e. The van der Waals surface area contributed by atoms with Gasteiger partial charge in [-0.2, -0.15) is 0 Å². The van der Waals surface area contributed by atoms with Crippen LogP contribution in [0.15, 0.2) is 24.3 Å². The molecule has 1 aromatic rings. The zero-order chi connectivity index (χ0) is 10.6. The van der Waals surface area contributed by atoms with E-state index in [9.17, 15) is 0 Å². The van der Waals surface area contributed by atoms with E-state index in [1.807, 2.05) is 0 Å². The van der Waals surface area contributed by atoms with E-state index in [1.165, 1.54) is 11.1 Å². The molecule has 0 unspecified atom stereocenters. The predicted molar refractivity (Wildman–Crippen MR) is 69.6 cm³/mol. The van der Waals surface area contributed by atoms with E-state index >= 15 is 0 Å². The zero-order valence-corrected chi connectivity index (χ0v) is 10.7. The number of hydrogen-bond donors (Lipinski definition) is 1. The Balaban J connectivity index is 0.00000196. The zero-order valence-electron chi connectivity index (χ0n) is 9.86. The van der Waals surface area contributed by atoms with Crippen LogP contribution in [-0.4, -0.2) is 0 Å². The molecule has 1 aromatic carbocycles. The van der Waals surface area contributed by atoms with Crippen molar-refractivity contribution in [1.29, 1.82) is 0 Å². The lowest BCUT2D eigenvalue weighted by atomic mass is 9.96. The van der Waals surface area contributed by atoms with Crippen molar-refractivity contribution in [2.75, 3.05) is 0 Å². The van der Waals surface area contributed by atoms with Gasteiger partial charge in [-0.25, -0.2) is 0 Å². The number of hydrogen-bond acceptors (Lipinski definition) is 1. The van der Waals surface area contributed by atoms with Crippen LogP contribution in [0.25, 0.3) is 0 Å². The quantitative estimate of drug-likeness (QED) is 0.826. The van der Waals surface area contributed by atoms with Crippen molar-refractivity contribution in [3.63, 3.8) is 0 Å². The van der Waals surface area contributed by atoms with Gasteiger partial charge < -0.3 is 5.73 Å². The van der Waals surface area contributed by atoms with Gasteiger partial charge in [0.2, 0.25) is 0 Å². The van der Waals surface area contributed by atoms with Crippen molar-refractivity contribution in [2.24, 2.45) is 5.73 Å². The molecule has 2 heteroatoms. The lowest BCUT2D eigenvalue weighted by molar-refractivity contribution is 0.637. The van der Waals surface area contributed by atoms with Crippen molar-refractivity contribution in [3.05, 3.63) is 35.4 Å². The predicted octanol–water partition coefficient (Wildman–Crippen LogP) is 4.03. The fourth-order valence-electron chi connectivity index (χ4n) is 1.63. The molecule has 15 heavy (non-hydrogen) atoms. The Labute approximate surface area is 99.5 Å². The molecule has 0 radical (unpaired) electrons. The molecule has 0 saturated heterocycles. The Hall–Kier alpha value is -0.530. The third-order valence-electron chi connectivity index (χ3n) is 2.61. The van der Waals surface area contributed by atoms with Crippen molar-refractivity contribution in [1.82, 2.24) is 0 Å². The molecule has 0 aliphatic heterocycles. The van der Waals surface area contributed by atoms with Crippen molar-refractivity contribution in [3.8, 4) is 0 Å². The standard InChI is InChI=1S/C13H21N.ClH/c1-4-6-13(14)12-8-5-7-11(9-12)10(2)3;/h5,7-10,13H,4,6,14H2,1-3H3;1H/t13-;/m1./s1. The second kappa shape index (κ2) is 6.86. The molecule has 0 saturated carbocycles. The second-order valence-corrected chi connectivity index (χ2v) is 4.22. The Kier molecular flexibility index (Phi) is 6.62. The first-order valence-electron chi connectivity index (χ1n) is 5.50. The third-order valence-corrected chi connectivity index (χ3v) is 2.61. The number of halogens is 1. The van der Waals surface area contributed by atoms with Crippen LogP contribution in [0.5, 0.6) is 0 Å². The number of rotatable bonds is 4. The summed E-state index contributed by atoms with van der Waals surface area (Å²) in [6, 6.07) is 8.86. The van der Waals surface area contributed by atoms with Crippen LogP contribution < -0.4 is 5.73 Å². The van der Waals surface area contributed by atoms with Gasteiger partial charge in [-0.1, -0.05) is 51.5 Å². The Morgan fingerprint density at radius 2 is 1.80 bits per heavy atom. The van der Waals surface area contributed by atoms with E-state index in [0.29, 0.717) is 5.92 Å². The summed E-state index contributed by atoms with van der Waals surface area (Å²) in [6.07, 6.45) is 2.22. The van der Waals surface area contributed by atoms with Gasteiger partial charge in [0, 0.05) is 6.04 Å². The third kappa shape index (κ3) is 4.23. The molecule has 1 nitrogen and oxygen atoms in total. The molecule has 0 bridgehead atoms. The van der Waals surface area contributed by atoms with E-state index in [0.717, 1.165) is 12.8 Å². The normalized spacial score (nSPS) is 12.3. The molecule has 0 spiro atoms. The first-order valence-corrected chi connectivity index (χ1v) is 5.50. The molecule has 0 heterocycles. The summed E-state index contributed by atoms with van der Waals surface area (Å²) in [5.41, 5.74) is 8.73. The van der Waals surface area contributed by atoms with Crippen LogP contribution in [0, 0.1) is 0 Å². The summed E-state index contributed by atoms with van der Waals surface area (Å²) in [5, 5.41) is 0. The monoisotopic (exact) mass is 227 g/mol. The highest BCUT2D eigenvalue weighted by Crippen LogP contribution is 2.21. The SMILES string of the molecule is CCC[C@@H](N)c1cccc(C(C)C)c1.Cl. The minimum atomic E-state index is 0. The van der Waals surface area contributed by atoms with Crippen molar-refractivity contribution < 1.29 is 0 Å². The molecule has 0 aromatic heterocycles. The minimum Gasteiger partial charge on any atom is -0.324 e. The summed E-state index contributed by atoms with van der Waals surface area (Å²) in [5.74, 6) is 0.587. The van der Waals surface area contributed by atoms with E-state index < -0.39 is 0 Å². The van der Waals surface area contributed by atoms with Crippen molar-refractivity contribution in [2.45, 2.75) is 45.6 Å². The average Bonchev–Trinajstić information content (AvgIpc) is 2.18. The van der Waals surface area contributed by atoms with Crippen LogP contribution in [-0.2, 0) is 0 Å². The molecule has 0 amide bonds. The summed E-state index contributed by atoms with van der Waals surface area (Å²) in [4.78, 5) is 0. The molecule has 2 N–H and O–H groups in total. The molecular weight excluding hydrogens is 206 g/mol. The van der Waals surface area contributed by atoms with Gasteiger partial charge in [0.1, 0.15) is 0 Å². The maximum Gasteiger partial charge on any atom is 0.0294 e. The highest BCUT2D eigenvalue weighted by Gasteiger charge is 2.06. The summed E-state index contributed by atoms with van der Waals surface area (Å²) in [6.45, 7) is 6.60. The highest BCUT2D eigenvalue weighted by molar-refractivity contribution is 5.85. The van der Waals surface area contributed by atoms with E-state index in [1.54, 1.807) is 0 Å². The Bertz CT molecular complexity index is 284. The fourth-order valence-corrected chi connectivity index (χ4v) is 1.63. The van der Waals surface area contributed by atoms with E-state index in [4.69, 9.17) is 5.73 Å². The molecule has 0 aliphatic rings. The summed E-state index contributed by atoms with van der Waals surface area (Å²) < 4.78 is 0. The lowest BCUT2D eigenvalue weighted by Gasteiger charge is -2.13. The largest absolute Gasteiger partial charge is 0.324 e. The fraction of sp³-hybridized carbons (Fsp3) is 0.538. The van der Waals surface area contributed by atoms with Crippen molar-refractivity contribution >= 4 is 12.4 Å². The van der Waals surface area contributed by atoms with Gasteiger partial charge in [-0.3, -0.25) is 0 Å². The summed E-state index contributed by atoms with van der Waals surface area (Å²) in [7, 11) is 0. The first kappa shape index (κ1) is 14.5. The van der Waals surface area contributed by atoms with Gasteiger partial charge in [0.05, 0.1) is 0 Å². The van der Waals surface area contributed by atoms with E-state index in [-0.39, 0.29) is 18.4 Å². The Morgan fingerprint density at radius 3 is 2.33 bits per heavy atom. The lowest BCUT2D eigenvalue weighted by Crippen LogP contribution is -2.10. The molecule has 1 atom stereocenters. The van der Waals surface area contributed by atoms with Crippen LogP contribution >= 0.6 is 12.4 Å². The van der Waals surface area contributed by atoms with Crippen LogP contribution in [0.3, 0.4) is 0 Å². The number of benzene rings is 1. The molecular formula is C13H22ClN. The molecule has 0 aliphatic carbocycles. The van der Waals surface area contributed by atoms with Gasteiger partial charge in [0.25, 0.3) is 0 Å². The van der Waals surface area contributed by atoms with Gasteiger partial charge in [-0.15, -0.1) is 12.4 Å². The topological polar surface area (TPSA) is 26.0 Å². The van der Waals surface area contributed by atoms with Crippen LogP contribution in [0.4, 0.5) is 0 Å². The maximum atomic E-state index is 6.07. The first-order chi connectivity index (χ1) is 6.65. The second-order valence-electron chi connectivity index (χ2n) is 4.22. The van der Waals surface area contributed by atoms with Gasteiger partial charge >= 0.3 is 0 Å². The average molecular weight is 228 g/mol. The highest BCUT2D eigenvalue weighted by atomic mass is 35.5. The van der Waals surface area contributed by atoms with Gasteiger partial charge in [-0.05, 0) is 23.5 Å². The Morgan fingerprint density at radius 1 is 1.20 bits per heavy atom. The minimum absolute atomic E-state index is 0.